The molecular weight excluding hydrogens is 429 g/mol. The number of amides is 1. The Balaban J connectivity index is 1.35. The molecule has 0 aliphatic rings. The average Bonchev–Trinajstić information content (AvgIpc) is 3.24. The quantitative estimate of drug-likeness (QED) is 0.360. The number of carbonyl (C=O) groups excluding carboxylic acids is 1. The monoisotopic (exact) mass is 457 g/mol. The van der Waals surface area contributed by atoms with Crippen LogP contribution in [-0.4, -0.2) is 15.7 Å². The van der Waals surface area contributed by atoms with E-state index < -0.39 is 0 Å². The second kappa shape index (κ2) is 9.91. The van der Waals surface area contributed by atoms with Crippen molar-refractivity contribution >= 4 is 11.7 Å². The number of halogens is 1. The fraction of sp³-hybridized carbons (Fsp3) is 0.214. The maximum absolute atomic E-state index is 13.4. The maximum atomic E-state index is 13.4. The van der Waals surface area contributed by atoms with E-state index in [0.717, 1.165) is 16.9 Å². The molecule has 1 heterocycles. The SMILES string of the molecule is CC(C)(C)c1ccc(OCc2cccc(C(=O)Nc3ccn(Cc4cccc(F)c4)n3)c2)cc1. The maximum Gasteiger partial charge on any atom is 0.256 e. The molecule has 0 atom stereocenters. The van der Waals surface area contributed by atoms with Crippen LogP contribution in [0.15, 0.2) is 85.1 Å². The Morgan fingerprint density at radius 1 is 0.971 bits per heavy atom. The highest BCUT2D eigenvalue weighted by molar-refractivity contribution is 6.03. The van der Waals surface area contributed by atoms with Crippen LogP contribution in [0.1, 0.15) is 47.8 Å². The molecule has 0 radical (unpaired) electrons. The van der Waals surface area contributed by atoms with Gasteiger partial charge in [0.2, 0.25) is 0 Å². The minimum absolute atomic E-state index is 0.0928. The van der Waals surface area contributed by atoms with E-state index in [0.29, 0.717) is 24.5 Å². The molecule has 0 unspecified atom stereocenters. The number of aromatic nitrogens is 2. The van der Waals surface area contributed by atoms with Crippen molar-refractivity contribution in [2.45, 2.75) is 39.3 Å². The zero-order chi connectivity index (χ0) is 24.1. The lowest BCUT2D eigenvalue weighted by atomic mass is 9.87. The lowest BCUT2D eigenvalue weighted by Gasteiger charge is -2.19. The van der Waals surface area contributed by atoms with Crippen LogP contribution in [0.4, 0.5) is 10.2 Å². The molecule has 0 saturated heterocycles. The van der Waals surface area contributed by atoms with Crippen LogP contribution in [0.3, 0.4) is 0 Å². The van der Waals surface area contributed by atoms with E-state index in [4.69, 9.17) is 4.74 Å². The van der Waals surface area contributed by atoms with Gasteiger partial charge < -0.3 is 10.1 Å². The van der Waals surface area contributed by atoms with Crippen molar-refractivity contribution in [3.8, 4) is 5.75 Å². The van der Waals surface area contributed by atoms with Crippen LogP contribution >= 0.6 is 0 Å². The number of hydrogen-bond donors (Lipinski definition) is 1. The zero-order valence-corrected chi connectivity index (χ0v) is 19.6. The topological polar surface area (TPSA) is 56.1 Å². The van der Waals surface area contributed by atoms with E-state index in [1.807, 2.05) is 36.4 Å². The molecule has 1 amide bonds. The first-order valence-corrected chi connectivity index (χ1v) is 11.2. The zero-order valence-electron chi connectivity index (χ0n) is 19.6. The fourth-order valence-corrected chi connectivity index (χ4v) is 3.55. The smallest absolute Gasteiger partial charge is 0.256 e. The standard InChI is InChI=1S/C28H28FN3O2/c1-28(2,3)23-10-12-25(13-11-23)34-19-21-7-4-8-22(16-21)27(33)30-26-14-15-32(31-26)18-20-6-5-9-24(29)17-20/h4-17H,18-19H2,1-3H3,(H,30,31,33). The summed E-state index contributed by atoms with van der Waals surface area (Å²) in [5.74, 6) is 0.671. The van der Waals surface area contributed by atoms with Crippen molar-refractivity contribution in [3.63, 3.8) is 0 Å². The summed E-state index contributed by atoms with van der Waals surface area (Å²) in [5.41, 5.74) is 3.54. The van der Waals surface area contributed by atoms with Crippen LogP contribution in [0.2, 0.25) is 0 Å². The molecule has 5 nitrogen and oxygen atoms in total. The summed E-state index contributed by atoms with van der Waals surface area (Å²) in [5, 5.41) is 7.17. The van der Waals surface area contributed by atoms with Crippen LogP contribution in [0.5, 0.6) is 5.75 Å². The Morgan fingerprint density at radius 3 is 2.44 bits per heavy atom. The van der Waals surface area contributed by atoms with Gasteiger partial charge in [-0.2, -0.15) is 5.10 Å². The summed E-state index contributed by atoms with van der Waals surface area (Å²) >= 11 is 0. The van der Waals surface area contributed by atoms with Gasteiger partial charge in [-0.3, -0.25) is 9.48 Å². The Hall–Kier alpha value is -3.93. The number of carbonyl (C=O) groups is 1. The van der Waals surface area contributed by atoms with Gasteiger partial charge >= 0.3 is 0 Å². The summed E-state index contributed by atoms with van der Waals surface area (Å²) in [6, 6.07) is 23.5. The van der Waals surface area contributed by atoms with Gasteiger partial charge in [-0.15, -0.1) is 0 Å². The third kappa shape index (κ3) is 6.10. The predicted molar refractivity (Wildman–Crippen MR) is 132 cm³/mol. The van der Waals surface area contributed by atoms with Crippen LogP contribution in [0, 0.1) is 5.82 Å². The van der Waals surface area contributed by atoms with Crippen LogP contribution in [0.25, 0.3) is 0 Å². The van der Waals surface area contributed by atoms with Gasteiger partial charge in [0.25, 0.3) is 5.91 Å². The van der Waals surface area contributed by atoms with Crippen LogP contribution in [-0.2, 0) is 18.6 Å². The molecule has 34 heavy (non-hydrogen) atoms. The summed E-state index contributed by atoms with van der Waals surface area (Å²) in [4.78, 5) is 12.7. The molecule has 0 fully saturated rings. The minimum atomic E-state index is -0.288. The largest absolute Gasteiger partial charge is 0.489 e. The third-order valence-corrected chi connectivity index (χ3v) is 5.43. The molecule has 1 N–H and O–H groups in total. The van der Waals surface area contributed by atoms with E-state index in [-0.39, 0.29) is 17.1 Å². The highest BCUT2D eigenvalue weighted by Gasteiger charge is 2.13. The number of hydrogen-bond acceptors (Lipinski definition) is 3. The lowest BCUT2D eigenvalue weighted by molar-refractivity contribution is 0.102. The first-order chi connectivity index (χ1) is 16.3. The molecule has 1 aromatic heterocycles. The molecule has 0 aliphatic heterocycles. The normalized spacial score (nSPS) is 11.3. The molecule has 174 valence electrons. The predicted octanol–water partition coefficient (Wildman–Crippen LogP) is 6.20. The number of nitrogens with one attached hydrogen (secondary N) is 1. The van der Waals surface area contributed by atoms with Gasteiger partial charge in [0.15, 0.2) is 5.82 Å². The summed E-state index contributed by atoms with van der Waals surface area (Å²) in [7, 11) is 0. The second-order valence-corrected chi connectivity index (χ2v) is 9.25. The number of benzene rings is 3. The number of rotatable bonds is 7. The number of anilines is 1. The first-order valence-electron chi connectivity index (χ1n) is 11.2. The van der Waals surface area contributed by atoms with Crippen molar-refractivity contribution in [1.82, 2.24) is 9.78 Å². The molecule has 4 aromatic rings. The van der Waals surface area contributed by atoms with Crippen molar-refractivity contribution in [2.24, 2.45) is 0 Å². The highest BCUT2D eigenvalue weighted by Crippen LogP contribution is 2.24. The van der Waals surface area contributed by atoms with Crippen molar-refractivity contribution in [3.05, 3.63) is 113 Å². The van der Waals surface area contributed by atoms with E-state index in [9.17, 15) is 9.18 Å². The van der Waals surface area contributed by atoms with Crippen LogP contribution < -0.4 is 10.1 Å². The summed E-state index contributed by atoms with van der Waals surface area (Å²) in [6.07, 6.45) is 1.75. The molecule has 0 aliphatic carbocycles. The molecule has 0 bridgehead atoms. The van der Waals surface area contributed by atoms with Crippen molar-refractivity contribution in [2.75, 3.05) is 5.32 Å². The minimum Gasteiger partial charge on any atom is -0.489 e. The van der Waals surface area contributed by atoms with E-state index >= 15 is 0 Å². The lowest BCUT2D eigenvalue weighted by Crippen LogP contribution is -2.13. The molecule has 6 heteroatoms. The van der Waals surface area contributed by atoms with Gasteiger partial charge in [0.1, 0.15) is 18.2 Å². The first kappa shape index (κ1) is 23.2. The van der Waals surface area contributed by atoms with Gasteiger partial charge in [-0.05, 0) is 58.5 Å². The Morgan fingerprint density at radius 2 is 1.71 bits per heavy atom. The van der Waals surface area contributed by atoms with Gasteiger partial charge in [-0.1, -0.05) is 57.2 Å². The van der Waals surface area contributed by atoms with E-state index in [2.05, 4.69) is 43.3 Å². The van der Waals surface area contributed by atoms with Gasteiger partial charge in [0, 0.05) is 17.8 Å². The van der Waals surface area contributed by atoms with Gasteiger partial charge in [0.05, 0.1) is 6.54 Å². The highest BCUT2D eigenvalue weighted by atomic mass is 19.1. The molecule has 0 saturated carbocycles. The van der Waals surface area contributed by atoms with E-state index in [1.54, 1.807) is 29.1 Å². The second-order valence-electron chi connectivity index (χ2n) is 9.25. The van der Waals surface area contributed by atoms with Gasteiger partial charge in [-0.25, -0.2) is 4.39 Å². The molecule has 4 rings (SSSR count). The Bertz CT molecular complexity index is 1270. The average molecular weight is 458 g/mol. The fourth-order valence-electron chi connectivity index (χ4n) is 3.55. The summed E-state index contributed by atoms with van der Waals surface area (Å²) < 4.78 is 20.9. The Labute approximate surface area is 199 Å². The number of nitrogens with zero attached hydrogens (tertiary/aromatic N) is 2. The molecule has 3 aromatic carbocycles. The third-order valence-electron chi connectivity index (χ3n) is 5.43. The summed E-state index contributed by atoms with van der Waals surface area (Å²) in [6.45, 7) is 7.30. The van der Waals surface area contributed by atoms with Crippen molar-refractivity contribution < 1.29 is 13.9 Å². The van der Waals surface area contributed by atoms with Crippen molar-refractivity contribution in [1.29, 1.82) is 0 Å². The Kier molecular flexibility index (Phi) is 6.77. The number of ether oxygens (including phenoxy) is 1. The molecular formula is C28H28FN3O2. The molecule has 0 spiro atoms. The van der Waals surface area contributed by atoms with E-state index in [1.165, 1.54) is 17.7 Å².